The topological polar surface area (TPSA) is 57.6 Å². The van der Waals surface area contributed by atoms with Crippen LogP contribution in [0.25, 0.3) is 6.08 Å². The minimum absolute atomic E-state index is 0.00354. The molecule has 196 valence electrons. The van der Waals surface area contributed by atoms with Crippen LogP contribution in [0.4, 0.5) is 11.4 Å². The normalized spacial score (nSPS) is 21.3. The first kappa shape index (κ1) is 25.8. The lowest BCUT2D eigenvalue weighted by molar-refractivity contribution is -0.122. The minimum atomic E-state index is 0.00354. The summed E-state index contributed by atoms with van der Waals surface area (Å²) in [7, 11) is 1.70. The third-order valence-corrected chi connectivity index (χ3v) is 8.06. The first-order chi connectivity index (χ1) is 18.2. The number of amidine groups is 1. The zero-order valence-electron chi connectivity index (χ0n) is 21.6. The van der Waals surface area contributed by atoms with Gasteiger partial charge in [0.1, 0.15) is 5.75 Å². The Hall–Kier alpha value is -2.81. The van der Waals surface area contributed by atoms with Gasteiger partial charge in [-0.1, -0.05) is 18.2 Å². The highest BCUT2D eigenvalue weighted by molar-refractivity contribution is 8.18. The lowest BCUT2D eigenvalue weighted by Gasteiger charge is -2.29. The molecule has 2 aromatic carbocycles. The molecule has 0 radical (unpaired) electrons. The van der Waals surface area contributed by atoms with E-state index in [1.807, 2.05) is 41.3 Å². The van der Waals surface area contributed by atoms with Crippen LogP contribution in [-0.2, 0) is 9.53 Å². The second-order valence-electron chi connectivity index (χ2n) is 9.58. The molecule has 0 N–H and O–H groups in total. The molecule has 0 unspecified atom stereocenters. The summed E-state index contributed by atoms with van der Waals surface area (Å²) in [5.41, 5.74) is 2.94. The van der Waals surface area contributed by atoms with Gasteiger partial charge in [-0.15, -0.1) is 0 Å². The average Bonchev–Trinajstić information content (AvgIpc) is 3.24. The van der Waals surface area contributed by atoms with Gasteiger partial charge in [-0.05, 0) is 67.8 Å². The van der Waals surface area contributed by atoms with Crippen LogP contribution in [0.1, 0.15) is 31.2 Å². The number of amides is 1. The second-order valence-corrected chi connectivity index (χ2v) is 10.6. The van der Waals surface area contributed by atoms with Gasteiger partial charge in [-0.25, -0.2) is 4.99 Å². The number of hydrogen-bond donors (Lipinski definition) is 0. The summed E-state index contributed by atoms with van der Waals surface area (Å²) in [5.74, 6) is 0.792. The highest BCUT2D eigenvalue weighted by Gasteiger charge is 2.33. The fraction of sp³-hybridized carbons (Fsp3) is 0.448. The zero-order chi connectivity index (χ0) is 25.5. The van der Waals surface area contributed by atoms with Crippen LogP contribution in [-0.4, -0.2) is 80.5 Å². The number of benzene rings is 2. The van der Waals surface area contributed by atoms with Gasteiger partial charge in [-0.2, -0.15) is 0 Å². The van der Waals surface area contributed by atoms with E-state index < -0.39 is 0 Å². The van der Waals surface area contributed by atoms with Crippen molar-refractivity contribution in [2.24, 2.45) is 4.99 Å². The van der Waals surface area contributed by atoms with Crippen molar-refractivity contribution >= 4 is 40.3 Å². The third-order valence-electron chi connectivity index (χ3n) is 7.05. The Balaban J connectivity index is 1.36. The predicted molar refractivity (Wildman–Crippen MR) is 152 cm³/mol. The molecule has 1 amide bonds. The van der Waals surface area contributed by atoms with Crippen molar-refractivity contribution < 1.29 is 14.3 Å². The highest BCUT2D eigenvalue weighted by atomic mass is 32.2. The van der Waals surface area contributed by atoms with E-state index >= 15 is 0 Å². The van der Waals surface area contributed by atoms with Crippen LogP contribution >= 0.6 is 11.8 Å². The van der Waals surface area contributed by atoms with E-state index in [9.17, 15) is 4.79 Å². The fourth-order valence-electron chi connectivity index (χ4n) is 4.99. The van der Waals surface area contributed by atoms with E-state index in [1.165, 1.54) is 36.7 Å². The lowest BCUT2D eigenvalue weighted by Crippen LogP contribution is -2.38. The van der Waals surface area contributed by atoms with Crippen LogP contribution in [0.15, 0.2) is 58.4 Å². The maximum absolute atomic E-state index is 13.6. The number of carbonyl (C=O) groups excluding carboxylic acids is 1. The largest absolute Gasteiger partial charge is 0.496 e. The molecule has 0 aliphatic carbocycles. The molecule has 8 heteroatoms. The van der Waals surface area contributed by atoms with Crippen molar-refractivity contribution in [3.05, 3.63) is 59.0 Å². The number of aliphatic imine (C=N–C) groups is 1. The van der Waals surface area contributed by atoms with Gasteiger partial charge >= 0.3 is 0 Å². The number of hydrogen-bond acceptors (Lipinski definition) is 7. The maximum atomic E-state index is 13.6. The Kier molecular flexibility index (Phi) is 8.81. The van der Waals surface area contributed by atoms with Gasteiger partial charge in [0.05, 0.1) is 30.9 Å². The van der Waals surface area contributed by atoms with Gasteiger partial charge in [-0.3, -0.25) is 14.6 Å². The Bertz CT molecular complexity index is 1130. The Morgan fingerprint density at radius 2 is 1.78 bits per heavy atom. The van der Waals surface area contributed by atoms with E-state index in [1.54, 1.807) is 7.11 Å². The summed E-state index contributed by atoms with van der Waals surface area (Å²) in [6.07, 6.45) is 6.59. The van der Waals surface area contributed by atoms with E-state index in [-0.39, 0.29) is 5.91 Å². The smallest absolute Gasteiger partial charge is 0.266 e. The fourth-order valence-corrected chi connectivity index (χ4v) is 6.00. The van der Waals surface area contributed by atoms with Gasteiger partial charge in [0.2, 0.25) is 0 Å². The molecule has 7 nitrogen and oxygen atoms in total. The number of para-hydroxylation sites is 1. The summed E-state index contributed by atoms with van der Waals surface area (Å²) in [6, 6.07) is 16.1. The number of piperidine rings is 1. The van der Waals surface area contributed by atoms with Crippen molar-refractivity contribution in [2.45, 2.75) is 25.7 Å². The maximum Gasteiger partial charge on any atom is 0.266 e. The SMILES string of the molecule is COc1cc(N2CCCCC2)ccc1/C=C1\SC(=Nc2ccccc2)N(CCCN2CCOCC2)C1=O. The van der Waals surface area contributed by atoms with Crippen molar-refractivity contribution in [3.63, 3.8) is 0 Å². The first-order valence-electron chi connectivity index (χ1n) is 13.3. The van der Waals surface area contributed by atoms with Gasteiger partial charge < -0.3 is 14.4 Å². The minimum Gasteiger partial charge on any atom is -0.496 e. The van der Waals surface area contributed by atoms with Crippen LogP contribution in [0.3, 0.4) is 0 Å². The number of thioether (sulfide) groups is 1. The van der Waals surface area contributed by atoms with Crippen LogP contribution in [0.2, 0.25) is 0 Å². The number of methoxy groups -OCH3 is 1. The summed E-state index contributed by atoms with van der Waals surface area (Å²) >= 11 is 1.44. The van der Waals surface area contributed by atoms with Crippen molar-refractivity contribution in [1.82, 2.24) is 9.80 Å². The van der Waals surface area contributed by atoms with Crippen LogP contribution < -0.4 is 9.64 Å². The molecule has 37 heavy (non-hydrogen) atoms. The molecule has 3 aliphatic rings. The summed E-state index contributed by atoms with van der Waals surface area (Å²) in [5, 5.41) is 0.730. The second kappa shape index (κ2) is 12.6. The lowest BCUT2D eigenvalue weighted by atomic mass is 10.1. The predicted octanol–water partition coefficient (Wildman–Crippen LogP) is 5.01. The molecule has 5 rings (SSSR count). The molecule has 2 aromatic rings. The molecular formula is C29H36N4O3S. The van der Waals surface area contributed by atoms with E-state index in [4.69, 9.17) is 14.5 Å². The van der Waals surface area contributed by atoms with E-state index in [2.05, 4.69) is 28.0 Å². The standard InChI is InChI=1S/C29H36N4O3S/c1-35-26-22-25(32-14-6-3-7-15-32)12-11-23(26)21-27-28(34)33(16-8-13-31-17-19-36-20-18-31)29(37-27)30-24-9-4-2-5-10-24/h2,4-5,9-12,21-22H,3,6-8,13-20H2,1H3/b27-21-,30-29?. The monoisotopic (exact) mass is 520 g/mol. The zero-order valence-corrected chi connectivity index (χ0v) is 22.4. The molecule has 0 aromatic heterocycles. The van der Waals surface area contributed by atoms with Crippen molar-refractivity contribution in [2.75, 3.05) is 64.5 Å². The molecular weight excluding hydrogens is 484 g/mol. The summed E-state index contributed by atoms with van der Waals surface area (Å²) < 4.78 is 11.2. The molecule has 0 spiro atoms. The Morgan fingerprint density at radius 3 is 2.54 bits per heavy atom. The molecule has 3 heterocycles. The number of anilines is 1. The number of ether oxygens (including phenoxy) is 2. The molecule has 3 saturated heterocycles. The van der Waals surface area contributed by atoms with Crippen LogP contribution in [0, 0.1) is 0 Å². The molecule has 0 bridgehead atoms. The van der Waals surface area contributed by atoms with Gasteiger partial charge in [0, 0.05) is 56.6 Å². The number of morpholine rings is 1. The average molecular weight is 521 g/mol. The number of rotatable bonds is 8. The number of nitrogens with zero attached hydrogens (tertiary/aromatic N) is 4. The van der Waals surface area contributed by atoms with E-state index in [0.29, 0.717) is 11.4 Å². The highest BCUT2D eigenvalue weighted by Crippen LogP contribution is 2.37. The molecule has 3 aliphatic heterocycles. The number of carbonyl (C=O) groups is 1. The van der Waals surface area contributed by atoms with Crippen LogP contribution in [0.5, 0.6) is 5.75 Å². The quantitative estimate of drug-likeness (QED) is 0.456. The first-order valence-corrected chi connectivity index (χ1v) is 14.1. The van der Waals surface area contributed by atoms with Crippen molar-refractivity contribution in [3.8, 4) is 5.75 Å². The summed E-state index contributed by atoms with van der Waals surface area (Å²) in [4.78, 5) is 25.7. The van der Waals surface area contributed by atoms with Gasteiger partial charge in [0.25, 0.3) is 5.91 Å². The molecule has 3 fully saturated rings. The van der Waals surface area contributed by atoms with Gasteiger partial charge in [0.15, 0.2) is 5.17 Å². The third kappa shape index (κ3) is 6.55. The Morgan fingerprint density at radius 1 is 1.00 bits per heavy atom. The molecule has 0 saturated carbocycles. The van der Waals surface area contributed by atoms with E-state index in [0.717, 1.165) is 74.5 Å². The van der Waals surface area contributed by atoms with Crippen molar-refractivity contribution in [1.29, 1.82) is 0 Å². The molecule has 0 atom stereocenters. The Labute approximate surface area is 224 Å². The summed E-state index contributed by atoms with van der Waals surface area (Å²) in [6.45, 7) is 7.21.